The highest BCUT2D eigenvalue weighted by Crippen LogP contribution is 2.40. The minimum Gasteiger partial charge on any atom is -0.456 e. The quantitative estimate of drug-likeness (QED) is 0.129. The fourth-order valence-electron chi connectivity index (χ4n) is 6.44. The van der Waals surface area contributed by atoms with Crippen molar-refractivity contribution in [1.82, 2.24) is 0 Å². The summed E-state index contributed by atoms with van der Waals surface area (Å²) in [6, 6.07) is 46.1. The molecule has 0 atom stereocenters. The van der Waals surface area contributed by atoms with E-state index >= 15 is 0 Å². The molecule has 0 amide bonds. The Bertz CT molecular complexity index is 2370. The Morgan fingerprint density at radius 2 is 1.16 bits per heavy atom. The monoisotopic (exact) mass is 549 g/mol. The van der Waals surface area contributed by atoms with Gasteiger partial charge in [0.1, 0.15) is 11.2 Å². The van der Waals surface area contributed by atoms with Crippen LogP contribution in [0.5, 0.6) is 0 Å². The molecule has 1 heterocycles. The van der Waals surface area contributed by atoms with Crippen molar-refractivity contribution in [2.75, 3.05) is 0 Å². The number of furan rings is 1. The lowest BCUT2D eigenvalue weighted by Gasteiger charge is -2.17. The molecule has 8 aromatic rings. The van der Waals surface area contributed by atoms with Crippen LogP contribution < -0.4 is 0 Å². The number of rotatable bonds is 5. The first-order chi connectivity index (χ1) is 21.2. The SMILES string of the molecule is C=C(/C=C\C(=N)c1c2ccccc2c(-c2ccccc2)c2ccccc12)c1ccc2oc3ccc4ccccc4c3c2c1. The third kappa shape index (κ3) is 4.07. The van der Waals surface area contributed by atoms with E-state index in [1.807, 2.05) is 36.4 Å². The highest BCUT2D eigenvalue weighted by Gasteiger charge is 2.17. The average Bonchev–Trinajstić information content (AvgIpc) is 3.45. The summed E-state index contributed by atoms with van der Waals surface area (Å²) in [6.07, 6.45) is 3.84. The third-order valence-corrected chi connectivity index (χ3v) is 8.44. The maximum Gasteiger partial charge on any atom is 0.136 e. The fourth-order valence-corrected chi connectivity index (χ4v) is 6.44. The van der Waals surface area contributed by atoms with Crippen LogP contribution in [0.3, 0.4) is 0 Å². The highest BCUT2D eigenvalue weighted by molar-refractivity contribution is 6.28. The molecule has 0 aliphatic rings. The molecule has 0 aliphatic carbocycles. The molecule has 0 radical (unpaired) electrons. The van der Waals surface area contributed by atoms with E-state index in [1.54, 1.807) is 0 Å². The molecule has 0 saturated carbocycles. The van der Waals surface area contributed by atoms with Gasteiger partial charge in [0.15, 0.2) is 0 Å². The highest BCUT2D eigenvalue weighted by atomic mass is 16.3. The van der Waals surface area contributed by atoms with E-state index in [4.69, 9.17) is 4.42 Å². The molecule has 1 aromatic heterocycles. The van der Waals surface area contributed by atoms with E-state index in [1.165, 1.54) is 21.9 Å². The smallest absolute Gasteiger partial charge is 0.136 e. The van der Waals surface area contributed by atoms with Gasteiger partial charge in [-0.05, 0) is 78.9 Å². The van der Waals surface area contributed by atoms with Crippen LogP contribution in [0.1, 0.15) is 11.1 Å². The van der Waals surface area contributed by atoms with E-state index in [0.717, 1.165) is 60.2 Å². The second-order valence-electron chi connectivity index (χ2n) is 11.0. The zero-order valence-electron chi connectivity index (χ0n) is 23.5. The molecule has 2 nitrogen and oxygen atoms in total. The van der Waals surface area contributed by atoms with Crippen molar-refractivity contribution >= 4 is 65.5 Å². The standard InChI is InChI=1S/C41H27NO/c1-26(29-21-23-37-35(25-29)41-30-14-6-5-11-27(30)20-24-38(41)43-37)19-22-36(42)40-33-17-9-7-15-31(33)39(28-12-3-2-4-13-28)32-16-8-10-18-34(32)40/h2-25,42H,1H2/b22-19-,42-36?. The Morgan fingerprint density at radius 3 is 1.88 bits per heavy atom. The normalized spacial score (nSPS) is 11.8. The van der Waals surface area contributed by atoms with Crippen LogP contribution in [0.25, 0.3) is 71.0 Å². The largest absolute Gasteiger partial charge is 0.456 e. The lowest BCUT2D eigenvalue weighted by Crippen LogP contribution is -2.00. The van der Waals surface area contributed by atoms with Crippen molar-refractivity contribution in [3.63, 3.8) is 0 Å². The van der Waals surface area contributed by atoms with Crippen LogP contribution in [0.15, 0.2) is 157 Å². The summed E-state index contributed by atoms with van der Waals surface area (Å²) < 4.78 is 6.19. The molecule has 0 spiro atoms. The van der Waals surface area contributed by atoms with Gasteiger partial charge in [0.05, 0.1) is 5.71 Å². The number of hydrogen-bond donors (Lipinski definition) is 1. The maximum absolute atomic E-state index is 9.29. The molecule has 0 saturated heterocycles. The van der Waals surface area contributed by atoms with Gasteiger partial charge in [-0.25, -0.2) is 0 Å². The van der Waals surface area contributed by atoms with Gasteiger partial charge < -0.3 is 9.83 Å². The molecule has 0 aliphatic heterocycles. The zero-order valence-corrected chi connectivity index (χ0v) is 23.5. The van der Waals surface area contributed by atoms with Crippen molar-refractivity contribution in [2.45, 2.75) is 0 Å². The summed E-state index contributed by atoms with van der Waals surface area (Å²) >= 11 is 0. The molecule has 2 heteroatoms. The fraction of sp³-hybridized carbons (Fsp3) is 0. The first kappa shape index (κ1) is 25.0. The number of benzene rings is 7. The van der Waals surface area contributed by atoms with Crippen molar-refractivity contribution in [2.24, 2.45) is 0 Å². The Kier molecular flexibility index (Phi) is 5.80. The molecule has 0 bridgehead atoms. The lowest BCUT2D eigenvalue weighted by molar-refractivity contribution is 0.669. The average molecular weight is 550 g/mol. The summed E-state index contributed by atoms with van der Waals surface area (Å²) in [4.78, 5) is 0. The van der Waals surface area contributed by atoms with Crippen LogP contribution in [0.2, 0.25) is 0 Å². The Morgan fingerprint density at radius 1 is 0.558 bits per heavy atom. The first-order valence-electron chi connectivity index (χ1n) is 14.5. The molecule has 202 valence electrons. The van der Waals surface area contributed by atoms with Crippen LogP contribution in [0.4, 0.5) is 0 Å². The van der Waals surface area contributed by atoms with Gasteiger partial charge >= 0.3 is 0 Å². The van der Waals surface area contributed by atoms with Crippen molar-refractivity contribution in [3.05, 3.63) is 163 Å². The summed E-state index contributed by atoms with van der Waals surface area (Å²) in [5.74, 6) is 0. The first-order valence-corrected chi connectivity index (χ1v) is 14.5. The summed E-state index contributed by atoms with van der Waals surface area (Å²) in [5.41, 5.74) is 7.34. The molecule has 7 aromatic carbocycles. The maximum atomic E-state index is 9.29. The minimum absolute atomic E-state index is 0.453. The minimum atomic E-state index is 0.453. The van der Waals surface area contributed by atoms with Gasteiger partial charge in [-0.1, -0.05) is 128 Å². The predicted molar refractivity (Wildman–Crippen MR) is 183 cm³/mol. The van der Waals surface area contributed by atoms with Gasteiger partial charge in [0, 0.05) is 16.3 Å². The third-order valence-electron chi connectivity index (χ3n) is 8.44. The molecule has 43 heavy (non-hydrogen) atoms. The zero-order chi connectivity index (χ0) is 28.9. The summed E-state index contributed by atoms with van der Waals surface area (Å²) in [5, 5.41) is 18.3. The van der Waals surface area contributed by atoms with Crippen molar-refractivity contribution in [3.8, 4) is 11.1 Å². The number of nitrogens with one attached hydrogen (secondary N) is 1. The van der Waals surface area contributed by atoms with Crippen LogP contribution in [-0.4, -0.2) is 5.71 Å². The Hall–Kier alpha value is -5.73. The van der Waals surface area contributed by atoms with Crippen LogP contribution in [0, 0.1) is 5.41 Å². The number of fused-ring (bicyclic) bond motifs is 7. The topological polar surface area (TPSA) is 37.0 Å². The lowest BCUT2D eigenvalue weighted by atomic mass is 9.86. The van der Waals surface area contributed by atoms with Gasteiger partial charge in [-0.3, -0.25) is 0 Å². The van der Waals surface area contributed by atoms with E-state index < -0.39 is 0 Å². The summed E-state index contributed by atoms with van der Waals surface area (Å²) in [6.45, 7) is 4.39. The van der Waals surface area contributed by atoms with Gasteiger partial charge in [-0.2, -0.15) is 0 Å². The molecule has 0 unspecified atom stereocenters. The number of allylic oxidation sites excluding steroid dienone is 3. The molecular formula is C41H27NO. The molecule has 0 fully saturated rings. The van der Waals surface area contributed by atoms with E-state index in [0.29, 0.717) is 5.71 Å². The predicted octanol–water partition coefficient (Wildman–Crippen LogP) is 11.4. The van der Waals surface area contributed by atoms with E-state index in [9.17, 15) is 5.41 Å². The molecular weight excluding hydrogens is 522 g/mol. The molecule has 8 rings (SSSR count). The van der Waals surface area contributed by atoms with Crippen LogP contribution >= 0.6 is 0 Å². The molecule has 1 N–H and O–H groups in total. The van der Waals surface area contributed by atoms with Gasteiger partial charge in [0.2, 0.25) is 0 Å². The van der Waals surface area contributed by atoms with Crippen molar-refractivity contribution < 1.29 is 4.42 Å². The van der Waals surface area contributed by atoms with Gasteiger partial charge in [0.25, 0.3) is 0 Å². The Balaban J connectivity index is 1.23. The van der Waals surface area contributed by atoms with Crippen molar-refractivity contribution in [1.29, 1.82) is 5.41 Å². The Labute approximate surface area is 249 Å². The second kappa shape index (κ2) is 9.97. The van der Waals surface area contributed by atoms with Gasteiger partial charge in [-0.15, -0.1) is 0 Å². The van der Waals surface area contributed by atoms with Crippen LogP contribution in [-0.2, 0) is 0 Å². The van der Waals surface area contributed by atoms with E-state index in [2.05, 4.69) is 116 Å². The second-order valence-corrected chi connectivity index (χ2v) is 11.0. The van der Waals surface area contributed by atoms with E-state index in [-0.39, 0.29) is 0 Å². The number of hydrogen-bond acceptors (Lipinski definition) is 2. The summed E-state index contributed by atoms with van der Waals surface area (Å²) in [7, 11) is 0.